The van der Waals surface area contributed by atoms with E-state index in [-0.39, 0.29) is 58.7 Å². The first-order valence-corrected chi connectivity index (χ1v) is 12.7. The van der Waals surface area contributed by atoms with Gasteiger partial charge in [0.25, 0.3) is 0 Å². The molecule has 4 aliphatic heterocycles. The van der Waals surface area contributed by atoms with E-state index in [1.165, 1.54) is 31.4 Å². The first kappa shape index (κ1) is 57.5. The van der Waals surface area contributed by atoms with Gasteiger partial charge in [-0.05, 0) is 60.8 Å². The van der Waals surface area contributed by atoms with E-state index in [9.17, 15) is 0 Å². The van der Waals surface area contributed by atoms with Gasteiger partial charge in [-0.3, -0.25) is 0 Å². The standard InChI is InChI=1S/4C4H8O2.5C3H5.La.Mg/c4*1-2-6-4-3-5-1;5*1-3-2;;/h4*1-4H2;5*3H,1-2H2;;/q;;;;;;;2*-1;+3;+2. The smallest absolute Gasteiger partial charge is 0.377 e. The summed E-state index contributed by atoms with van der Waals surface area (Å²) in [5.41, 5.74) is 0. The van der Waals surface area contributed by atoms with Crippen molar-refractivity contribution in [3.63, 3.8) is 0 Å². The predicted octanol–water partition coefficient (Wildman–Crippen LogP) is 4.34. The number of hydrogen-bond donors (Lipinski definition) is 0. The van der Waals surface area contributed by atoms with Gasteiger partial charge in [0.05, 0.1) is 106 Å². The van der Waals surface area contributed by atoms with Crippen LogP contribution in [0.3, 0.4) is 0 Å². The van der Waals surface area contributed by atoms with E-state index in [1.54, 1.807) is 0 Å². The molecule has 4 saturated heterocycles. The van der Waals surface area contributed by atoms with Crippen molar-refractivity contribution in [1.29, 1.82) is 0 Å². The summed E-state index contributed by atoms with van der Waals surface area (Å²) in [6, 6.07) is 0. The second-order valence-corrected chi connectivity index (χ2v) is 6.34. The summed E-state index contributed by atoms with van der Waals surface area (Å²) in [5.74, 6) is 0. The SMILES string of the molecule is C1COCCO1.C1COCCO1.C1COCCO1.C1COCCO1.C=C[CH2-].C=C[CH2-].[CH2][CH][CH2].[CH2][CH][CH2].[CH2][CH][CH2].[La+3].[Mg+2]. The molecule has 4 heterocycles. The fraction of sp³-hybridized carbons (Fsp3) is 0.516. The van der Waals surface area contributed by atoms with Gasteiger partial charge in [0.15, 0.2) is 0 Å². The molecule has 10 heteroatoms. The minimum atomic E-state index is 0. The Morgan fingerprint density at radius 3 is 0.415 bits per heavy atom. The molecule has 0 aliphatic carbocycles. The average Bonchev–Trinajstić information content (AvgIpc) is 3.00. The Hall–Kier alpha value is 0.861. The Labute approximate surface area is 300 Å². The molecule has 0 aromatic rings. The fourth-order valence-corrected chi connectivity index (χ4v) is 1.76. The number of allylic oxidation sites excluding steroid dienone is 2. The molecule has 0 spiro atoms. The average molecular weight is 721 g/mol. The van der Waals surface area contributed by atoms with Crippen LogP contribution in [0, 0.1) is 110 Å². The van der Waals surface area contributed by atoms with Crippen molar-refractivity contribution in [2.45, 2.75) is 0 Å². The number of rotatable bonds is 0. The normalized spacial score (nSPS) is 16.0. The maximum atomic E-state index is 4.94. The van der Waals surface area contributed by atoms with Crippen molar-refractivity contribution >= 4 is 23.1 Å². The summed E-state index contributed by atoms with van der Waals surface area (Å²) in [6.45, 7) is 44.9. The molecule has 231 valence electrons. The minimum Gasteiger partial charge on any atom is -0.377 e. The first-order valence-electron chi connectivity index (χ1n) is 12.7. The second kappa shape index (κ2) is 72.8. The molecule has 0 bridgehead atoms. The molecule has 8 nitrogen and oxygen atoms in total. The van der Waals surface area contributed by atoms with Gasteiger partial charge in [-0.1, -0.05) is 0 Å². The van der Waals surface area contributed by atoms with Crippen molar-refractivity contribution in [2.75, 3.05) is 106 Å². The van der Waals surface area contributed by atoms with E-state index in [2.05, 4.69) is 68.5 Å². The van der Waals surface area contributed by atoms with Gasteiger partial charge in [0.1, 0.15) is 0 Å². The molecule has 0 aromatic carbocycles. The molecule has 4 rings (SSSR count). The van der Waals surface area contributed by atoms with Gasteiger partial charge >= 0.3 is 58.7 Å². The molecular weight excluding hydrogens is 664 g/mol. The van der Waals surface area contributed by atoms with Crippen molar-refractivity contribution < 1.29 is 73.5 Å². The Morgan fingerprint density at radius 2 is 0.390 bits per heavy atom. The Bertz CT molecular complexity index is 250. The third-order valence-corrected chi connectivity index (χ3v) is 2.98. The summed E-state index contributed by atoms with van der Waals surface area (Å²) in [4.78, 5) is 0. The van der Waals surface area contributed by atoms with Crippen LogP contribution in [0.5, 0.6) is 0 Å². The van der Waals surface area contributed by atoms with Crippen LogP contribution in [-0.4, -0.2) is 129 Å². The van der Waals surface area contributed by atoms with Crippen molar-refractivity contribution in [3.8, 4) is 0 Å². The van der Waals surface area contributed by atoms with E-state index in [1.807, 2.05) is 0 Å². The topological polar surface area (TPSA) is 73.8 Å². The molecule has 0 atom stereocenters. The fourth-order valence-electron chi connectivity index (χ4n) is 1.76. The van der Waals surface area contributed by atoms with E-state index < -0.39 is 0 Å². The number of ether oxygens (including phenoxy) is 8. The van der Waals surface area contributed by atoms with Gasteiger partial charge in [0.2, 0.25) is 0 Å². The summed E-state index contributed by atoms with van der Waals surface area (Å²) < 4.78 is 39.6. The molecule has 0 unspecified atom stereocenters. The van der Waals surface area contributed by atoms with Crippen LogP contribution in [0.2, 0.25) is 0 Å². The zero-order valence-electron chi connectivity index (χ0n) is 25.8. The predicted molar refractivity (Wildman–Crippen MR) is 168 cm³/mol. The van der Waals surface area contributed by atoms with Crippen LogP contribution >= 0.6 is 0 Å². The summed E-state index contributed by atoms with van der Waals surface area (Å²) in [6.07, 6.45) is 7.50. The van der Waals surface area contributed by atoms with Crippen molar-refractivity contribution in [3.05, 3.63) is 100.0 Å². The minimum absolute atomic E-state index is 0. The van der Waals surface area contributed by atoms with E-state index in [0.717, 1.165) is 106 Å². The summed E-state index contributed by atoms with van der Waals surface area (Å²) in [7, 11) is 0. The van der Waals surface area contributed by atoms with E-state index in [4.69, 9.17) is 37.9 Å². The zero-order chi connectivity index (χ0) is 30.5. The molecule has 0 amide bonds. The molecule has 0 aromatic heterocycles. The van der Waals surface area contributed by atoms with E-state index >= 15 is 0 Å². The third-order valence-electron chi connectivity index (χ3n) is 2.98. The van der Waals surface area contributed by atoms with Crippen LogP contribution in [0.4, 0.5) is 0 Å². The quantitative estimate of drug-likeness (QED) is 0.271. The monoisotopic (exact) mass is 720 g/mol. The largest absolute Gasteiger partial charge is 3.00 e. The molecular formula is C31H57LaMgO8+3. The zero-order valence-corrected chi connectivity index (χ0v) is 30.9. The van der Waals surface area contributed by atoms with Crippen molar-refractivity contribution in [1.82, 2.24) is 0 Å². The van der Waals surface area contributed by atoms with Gasteiger partial charge in [0, 0.05) is 0 Å². The maximum Gasteiger partial charge on any atom is 3.00 e. The van der Waals surface area contributed by atoms with Crippen LogP contribution in [-0.2, 0) is 37.9 Å². The summed E-state index contributed by atoms with van der Waals surface area (Å²) in [5, 5.41) is 0. The van der Waals surface area contributed by atoms with Gasteiger partial charge in [-0.15, -0.1) is 0 Å². The number of hydrogen-bond acceptors (Lipinski definition) is 8. The van der Waals surface area contributed by atoms with Crippen molar-refractivity contribution in [2.24, 2.45) is 0 Å². The second-order valence-electron chi connectivity index (χ2n) is 6.34. The van der Waals surface area contributed by atoms with Gasteiger partial charge in [-0.25, -0.2) is 39.2 Å². The molecule has 0 saturated carbocycles. The Balaban J connectivity index is -0.0000000645. The Kier molecular flexibility index (Phi) is 102. The van der Waals surface area contributed by atoms with Crippen LogP contribution in [0.15, 0.2) is 25.3 Å². The van der Waals surface area contributed by atoms with Crippen LogP contribution in [0.1, 0.15) is 0 Å². The Morgan fingerprint density at radius 1 is 0.341 bits per heavy atom. The van der Waals surface area contributed by atoms with Crippen LogP contribution < -0.4 is 0 Å². The van der Waals surface area contributed by atoms with E-state index in [0.29, 0.717) is 0 Å². The van der Waals surface area contributed by atoms with Crippen LogP contribution in [0.25, 0.3) is 0 Å². The third kappa shape index (κ3) is 99.8. The van der Waals surface area contributed by atoms with Gasteiger partial charge in [-0.2, -0.15) is 0 Å². The maximum absolute atomic E-state index is 4.94. The molecule has 41 heavy (non-hydrogen) atoms. The summed E-state index contributed by atoms with van der Waals surface area (Å²) >= 11 is 0. The molecule has 4 fully saturated rings. The van der Waals surface area contributed by atoms with Gasteiger partial charge < -0.3 is 37.9 Å². The first-order chi connectivity index (χ1) is 19.1. The molecule has 4 aliphatic rings. The molecule has 9 radical (unpaired) electrons. The molecule has 0 N–H and O–H groups in total.